The van der Waals surface area contributed by atoms with Gasteiger partial charge < -0.3 is 9.84 Å². The monoisotopic (exact) mass is 195 g/mol. The smallest absolute Gasteiger partial charge is 0.307 e. The van der Waals surface area contributed by atoms with Crippen molar-refractivity contribution in [1.82, 2.24) is 0 Å². The van der Waals surface area contributed by atoms with Crippen LogP contribution in [0, 0.1) is 28.6 Å². The van der Waals surface area contributed by atoms with Crippen molar-refractivity contribution in [3.8, 4) is 6.07 Å². The standard InChI is InChI=1S/C10H13NO3/c1-10(2)7(8(10)9(12)13)4-6(5-11)14-3/h4,7-8H,1-3H3,(H,12,13)/b6-4+/t7-,8+/m0/s1. The lowest BCUT2D eigenvalue weighted by atomic mass is 10.1. The molecule has 1 aliphatic rings. The van der Waals surface area contributed by atoms with Crippen molar-refractivity contribution in [2.45, 2.75) is 13.8 Å². The Morgan fingerprint density at radius 2 is 2.21 bits per heavy atom. The molecule has 1 N–H and O–H groups in total. The summed E-state index contributed by atoms with van der Waals surface area (Å²) in [5.74, 6) is -1.13. The van der Waals surface area contributed by atoms with Gasteiger partial charge in [-0.05, 0) is 11.5 Å². The number of hydrogen-bond acceptors (Lipinski definition) is 3. The van der Waals surface area contributed by atoms with Gasteiger partial charge in [0.25, 0.3) is 0 Å². The van der Waals surface area contributed by atoms with E-state index in [0.29, 0.717) is 0 Å². The van der Waals surface area contributed by atoms with Crippen molar-refractivity contribution >= 4 is 5.97 Å². The first kappa shape index (κ1) is 10.6. The molecule has 0 unspecified atom stereocenters. The number of nitriles is 1. The Hall–Kier alpha value is -1.50. The molecule has 1 fully saturated rings. The second-order valence-electron chi connectivity index (χ2n) is 4.01. The quantitative estimate of drug-likeness (QED) is 0.545. The largest absolute Gasteiger partial charge is 0.487 e. The highest BCUT2D eigenvalue weighted by Crippen LogP contribution is 2.59. The average molecular weight is 195 g/mol. The van der Waals surface area contributed by atoms with E-state index in [0.717, 1.165) is 0 Å². The molecule has 1 saturated carbocycles. The van der Waals surface area contributed by atoms with E-state index >= 15 is 0 Å². The Morgan fingerprint density at radius 1 is 1.64 bits per heavy atom. The number of aliphatic carboxylic acids is 1. The Balaban J connectivity index is 2.80. The number of carbonyl (C=O) groups is 1. The summed E-state index contributed by atoms with van der Waals surface area (Å²) in [6.07, 6.45) is 1.60. The van der Waals surface area contributed by atoms with Gasteiger partial charge in [-0.25, -0.2) is 0 Å². The van der Waals surface area contributed by atoms with Gasteiger partial charge >= 0.3 is 5.97 Å². The molecule has 1 aliphatic carbocycles. The van der Waals surface area contributed by atoms with Crippen molar-refractivity contribution < 1.29 is 14.6 Å². The second-order valence-corrected chi connectivity index (χ2v) is 4.01. The highest BCUT2D eigenvalue weighted by atomic mass is 16.5. The van der Waals surface area contributed by atoms with Crippen LogP contribution < -0.4 is 0 Å². The minimum atomic E-state index is -0.815. The summed E-state index contributed by atoms with van der Waals surface area (Å²) in [7, 11) is 1.40. The first-order chi connectivity index (χ1) is 6.45. The molecule has 0 aliphatic heterocycles. The molecule has 0 heterocycles. The lowest BCUT2D eigenvalue weighted by Gasteiger charge is -1.97. The summed E-state index contributed by atoms with van der Waals surface area (Å²) in [5.41, 5.74) is -0.271. The molecule has 0 radical (unpaired) electrons. The zero-order valence-electron chi connectivity index (χ0n) is 8.44. The maximum atomic E-state index is 10.8. The maximum Gasteiger partial charge on any atom is 0.307 e. The van der Waals surface area contributed by atoms with Crippen LogP contribution in [0.4, 0.5) is 0 Å². The van der Waals surface area contributed by atoms with Crippen molar-refractivity contribution in [2.24, 2.45) is 17.3 Å². The summed E-state index contributed by atoms with van der Waals surface area (Å²) in [6.45, 7) is 3.75. The summed E-state index contributed by atoms with van der Waals surface area (Å²) < 4.78 is 4.78. The minimum absolute atomic E-state index is 0.102. The molecule has 0 bridgehead atoms. The van der Waals surface area contributed by atoms with Gasteiger partial charge in [0, 0.05) is 5.92 Å². The lowest BCUT2D eigenvalue weighted by Crippen LogP contribution is -2.03. The van der Waals surface area contributed by atoms with E-state index in [2.05, 4.69) is 0 Å². The van der Waals surface area contributed by atoms with Crippen LogP contribution in [-0.2, 0) is 9.53 Å². The van der Waals surface area contributed by atoms with E-state index in [4.69, 9.17) is 15.1 Å². The number of rotatable bonds is 3. The molecule has 2 atom stereocenters. The average Bonchev–Trinajstić information content (AvgIpc) is 2.63. The van der Waals surface area contributed by atoms with Gasteiger partial charge in [0.05, 0.1) is 13.0 Å². The molecule has 0 spiro atoms. The van der Waals surface area contributed by atoms with Crippen LogP contribution in [0.5, 0.6) is 0 Å². The zero-order chi connectivity index (χ0) is 10.9. The van der Waals surface area contributed by atoms with Gasteiger partial charge in [-0.3, -0.25) is 4.79 Å². The highest BCUT2D eigenvalue weighted by Gasteiger charge is 2.61. The molecule has 0 saturated heterocycles. The molecule has 0 aromatic carbocycles. The number of ether oxygens (including phenoxy) is 1. The number of carboxylic acid groups (broad SMARTS) is 1. The first-order valence-electron chi connectivity index (χ1n) is 4.34. The first-order valence-corrected chi connectivity index (χ1v) is 4.34. The predicted octanol–water partition coefficient (Wildman–Crippen LogP) is 1.40. The van der Waals surface area contributed by atoms with Gasteiger partial charge in [0.2, 0.25) is 0 Å². The molecule has 4 nitrogen and oxygen atoms in total. The van der Waals surface area contributed by atoms with Crippen molar-refractivity contribution in [2.75, 3.05) is 7.11 Å². The summed E-state index contributed by atoms with van der Waals surface area (Å²) in [5, 5.41) is 17.5. The van der Waals surface area contributed by atoms with Crippen molar-refractivity contribution in [3.63, 3.8) is 0 Å². The number of nitrogens with zero attached hydrogens (tertiary/aromatic N) is 1. The molecule has 0 aromatic rings. The molecule has 4 heteroatoms. The minimum Gasteiger partial charge on any atom is -0.487 e. The molecular formula is C10H13NO3. The highest BCUT2D eigenvalue weighted by molar-refractivity contribution is 5.76. The van der Waals surface area contributed by atoms with Gasteiger partial charge in [-0.15, -0.1) is 0 Å². The Bertz CT molecular complexity index is 325. The molecule has 76 valence electrons. The predicted molar refractivity (Wildman–Crippen MR) is 49.1 cm³/mol. The molecule has 14 heavy (non-hydrogen) atoms. The SMILES string of the molecule is CO/C(C#N)=C/[C@H]1[C@H](C(=O)O)C1(C)C. The fraction of sp³-hybridized carbons (Fsp3) is 0.600. The van der Waals surface area contributed by atoms with E-state index in [1.165, 1.54) is 7.11 Å². The third kappa shape index (κ3) is 1.58. The van der Waals surface area contributed by atoms with Gasteiger partial charge in [-0.1, -0.05) is 13.8 Å². The Morgan fingerprint density at radius 3 is 2.50 bits per heavy atom. The fourth-order valence-corrected chi connectivity index (χ4v) is 1.77. The second kappa shape index (κ2) is 3.33. The summed E-state index contributed by atoms with van der Waals surface area (Å²) >= 11 is 0. The van der Waals surface area contributed by atoms with Gasteiger partial charge in [0.1, 0.15) is 6.07 Å². The molecule has 1 rings (SSSR count). The van der Waals surface area contributed by atoms with Crippen LogP contribution in [0.3, 0.4) is 0 Å². The van der Waals surface area contributed by atoms with Crippen molar-refractivity contribution in [1.29, 1.82) is 5.26 Å². The van der Waals surface area contributed by atoms with Crippen LogP contribution in [0.1, 0.15) is 13.8 Å². The normalized spacial score (nSPS) is 29.1. The Kier molecular flexibility index (Phi) is 2.52. The fourth-order valence-electron chi connectivity index (χ4n) is 1.77. The lowest BCUT2D eigenvalue weighted by molar-refractivity contribution is -0.139. The van der Waals surface area contributed by atoms with Gasteiger partial charge in [-0.2, -0.15) is 5.26 Å². The van der Waals surface area contributed by atoms with E-state index in [1.807, 2.05) is 19.9 Å². The van der Waals surface area contributed by atoms with E-state index in [-0.39, 0.29) is 17.1 Å². The van der Waals surface area contributed by atoms with Gasteiger partial charge in [0.15, 0.2) is 5.76 Å². The third-order valence-electron chi connectivity index (χ3n) is 2.84. The zero-order valence-corrected chi connectivity index (χ0v) is 8.44. The number of allylic oxidation sites excluding steroid dienone is 2. The van der Waals surface area contributed by atoms with E-state index in [9.17, 15) is 4.79 Å². The summed E-state index contributed by atoms with van der Waals surface area (Å²) in [4.78, 5) is 10.8. The van der Waals surface area contributed by atoms with Crippen molar-refractivity contribution in [3.05, 3.63) is 11.8 Å². The van der Waals surface area contributed by atoms with Crippen LogP contribution >= 0.6 is 0 Å². The molecule has 0 aromatic heterocycles. The molecule has 0 amide bonds. The van der Waals surface area contributed by atoms with E-state index in [1.54, 1.807) is 6.08 Å². The number of hydrogen-bond donors (Lipinski definition) is 1. The Labute approximate surface area is 82.8 Å². The maximum absolute atomic E-state index is 10.8. The van der Waals surface area contributed by atoms with Crippen LogP contribution in [0.15, 0.2) is 11.8 Å². The van der Waals surface area contributed by atoms with Crippen LogP contribution in [-0.4, -0.2) is 18.2 Å². The number of methoxy groups -OCH3 is 1. The van der Waals surface area contributed by atoms with Crippen LogP contribution in [0.2, 0.25) is 0 Å². The summed E-state index contributed by atoms with van der Waals surface area (Å²) in [6, 6.07) is 1.87. The van der Waals surface area contributed by atoms with Crippen LogP contribution in [0.25, 0.3) is 0 Å². The topological polar surface area (TPSA) is 70.3 Å². The number of carboxylic acids is 1. The third-order valence-corrected chi connectivity index (χ3v) is 2.84. The van der Waals surface area contributed by atoms with E-state index < -0.39 is 11.9 Å². The molecular weight excluding hydrogens is 182 g/mol.